The van der Waals surface area contributed by atoms with Gasteiger partial charge < -0.3 is 9.32 Å². The standard InChI is InChI=1S/C38H25NO3S/c1-22-11-13-26(17-23(22)2)39(27-14-12-24-7-3-4-8-25(24)18-27)28-15-16-32-34(19-28)42-35-21-29(43-38(32)35)20-33-36(40)30-9-5-6-10-31(30)37(33)41/h3-21H,1-2H3. The van der Waals surface area contributed by atoms with Crippen LogP contribution >= 0.6 is 11.3 Å². The van der Waals surface area contributed by atoms with E-state index in [2.05, 4.69) is 97.6 Å². The summed E-state index contributed by atoms with van der Waals surface area (Å²) < 4.78 is 7.37. The monoisotopic (exact) mass is 575 g/mol. The number of anilines is 3. The summed E-state index contributed by atoms with van der Waals surface area (Å²) in [7, 11) is 0. The van der Waals surface area contributed by atoms with Gasteiger partial charge in [-0.05, 0) is 84.3 Å². The van der Waals surface area contributed by atoms with E-state index in [1.807, 2.05) is 6.07 Å². The molecule has 5 aromatic carbocycles. The van der Waals surface area contributed by atoms with Crippen molar-refractivity contribution in [2.24, 2.45) is 0 Å². The number of rotatable bonds is 4. The summed E-state index contributed by atoms with van der Waals surface area (Å²) in [6.07, 6.45) is 1.70. The van der Waals surface area contributed by atoms with Crippen LogP contribution in [0, 0.1) is 13.8 Å². The van der Waals surface area contributed by atoms with Crippen LogP contribution in [-0.4, -0.2) is 11.6 Å². The lowest BCUT2D eigenvalue weighted by Crippen LogP contribution is -2.10. The fourth-order valence-electron chi connectivity index (χ4n) is 5.94. The number of furan rings is 1. The van der Waals surface area contributed by atoms with Gasteiger partial charge in [0.15, 0.2) is 11.6 Å². The highest BCUT2D eigenvalue weighted by Crippen LogP contribution is 2.42. The first kappa shape index (κ1) is 25.5. The summed E-state index contributed by atoms with van der Waals surface area (Å²) in [5.74, 6) is -0.444. The first-order valence-electron chi connectivity index (χ1n) is 14.2. The van der Waals surface area contributed by atoms with Gasteiger partial charge >= 0.3 is 0 Å². The molecule has 43 heavy (non-hydrogen) atoms. The van der Waals surface area contributed by atoms with Crippen LogP contribution in [0.4, 0.5) is 17.1 Å². The zero-order chi connectivity index (χ0) is 29.2. The highest BCUT2D eigenvalue weighted by Gasteiger charge is 2.32. The van der Waals surface area contributed by atoms with Crippen LogP contribution in [-0.2, 0) is 0 Å². The van der Waals surface area contributed by atoms with E-state index in [1.54, 1.807) is 30.3 Å². The van der Waals surface area contributed by atoms with Crippen molar-refractivity contribution in [1.82, 2.24) is 0 Å². The van der Waals surface area contributed by atoms with Gasteiger partial charge in [-0.15, -0.1) is 11.3 Å². The summed E-state index contributed by atoms with van der Waals surface area (Å²) in [4.78, 5) is 28.9. The van der Waals surface area contributed by atoms with Gasteiger partial charge in [-0.2, -0.15) is 0 Å². The molecule has 0 unspecified atom stereocenters. The molecule has 0 amide bonds. The Hall–Kier alpha value is -5.26. The van der Waals surface area contributed by atoms with Crippen molar-refractivity contribution in [3.05, 3.63) is 142 Å². The van der Waals surface area contributed by atoms with Crippen LogP contribution in [0.25, 0.3) is 38.1 Å². The topological polar surface area (TPSA) is 50.5 Å². The first-order chi connectivity index (χ1) is 20.9. The maximum Gasteiger partial charge on any atom is 0.197 e. The lowest BCUT2D eigenvalue weighted by Gasteiger charge is -2.26. The van der Waals surface area contributed by atoms with E-state index < -0.39 is 0 Å². The van der Waals surface area contributed by atoms with Gasteiger partial charge in [0.1, 0.15) is 11.2 Å². The lowest BCUT2D eigenvalue weighted by molar-refractivity contribution is 0.0990. The summed E-state index contributed by atoms with van der Waals surface area (Å²) >= 11 is 1.53. The minimum Gasteiger partial charge on any atom is -0.455 e. The van der Waals surface area contributed by atoms with Crippen LogP contribution in [0.3, 0.4) is 0 Å². The van der Waals surface area contributed by atoms with Crippen molar-refractivity contribution in [1.29, 1.82) is 0 Å². The third-order valence-electron chi connectivity index (χ3n) is 8.34. The van der Waals surface area contributed by atoms with Crippen LogP contribution in [0.1, 0.15) is 36.7 Å². The number of benzene rings is 5. The van der Waals surface area contributed by atoms with Gasteiger partial charge in [-0.25, -0.2) is 0 Å². The van der Waals surface area contributed by atoms with E-state index in [4.69, 9.17) is 4.42 Å². The average molecular weight is 576 g/mol. The number of nitrogens with zero attached hydrogens (tertiary/aromatic N) is 1. The molecule has 0 saturated heterocycles. The quantitative estimate of drug-likeness (QED) is 0.155. The van der Waals surface area contributed by atoms with Gasteiger partial charge in [0.05, 0.1) is 10.3 Å². The average Bonchev–Trinajstić information content (AvgIpc) is 3.65. The number of hydrogen-bond acceptors (Lipinski definition) is 5. The third kappa shape index (κ3) is 4.12. The molecule has 0 spiro atoms. The summed E-state index contributed by atoms with van der Waals surface area (Å²) in [6.45, 7) is 4.27. The van der Waals surface area contributed by atoms with Crippen molar-refractivity contribution in [2.75, 3.05) is 4.90 Å². The van der Waals surface area contributed by atoms with Crippen LogP contribution in [0.2, 0.25) is 0 Å². The molecule has 8 rings (SSSR count). The van der Waals surface area contributed by atoms with E-state index in [0.717, 1.165) is 43.2 Å². The molecule has 1 aliphatic carbocycles. The summed E-state index contributed by atoms with van der Waals surface area (Å²) in [6, 6.07) is 36.7. The fraction of sp³-hybridized carbons (Fsp3) is 0.0526. The van der Waals surface area contributed by atoms with Crippen molar-refractivity contribution in [3.8, 4) is 0 Å². The van der Waals surface area contributed by atoms with Gasteiger partial charge in [0.2, 0.25) is 0 Å². The van der Waals surface area contributed by atoms with Crippen molar-refractivity contribution < 1.29 is 14.0 Å². The first-order valence-corrected chi connectivity index (χ1v) is 15.0. The molecule has 0 fully saturated rings. The Labute approximate surface area is 252 Å². The Balaban J connectivity index is 1.21. The van der Waals surface area contributed by atoms with Crippen LogP contribution < -0.4 is 4.90 Å². The molecule has 4 nitrogen and oxygen atoms in total. The van der Waals surface area contributed by atoms with Gasteiger partial charge in [-0.3, -0.25) is 9.59 Å². The highest BCUT2D eigenvalue weighted by molar-refractivity contribution is 7.20. The molecule has 0 atom stereocenters. The van der Waals surface area contributed by atoms with Crippen LogP contribution in [0.15, 0.2) is 119 Å². The number of aryl methyl sites for hydroxylation is 2. The van der Waals surface area contributed by atoms with E-state index >= 15 is 0 Å². The van der Waals surface area contributed by atoms with E-state index in [9.17, 15) is 9.59 Å². The fourth-order valence-corrected chi connectivity index (χ4v) is 7.00. The third-order valence-corrected chi connectivity index (χ3v) is 9.43. The number of ketones is 2. The van der Waals surface area contributed by atoms with Gasteiger partial charge in [-0.1, -0.05) is 60.7 Å². The zero-order valence-corrected chi connectivity index (χ0v) is 24.4. The summed E-state index contributed by atoms with van der Waals surface area (Å²) in [5, 5.41) is 3.38. The molecule has 0 saturated carbocycles. The van der Waals surface area contributed by atoms with Crippen molar-refractivity contribution in [2.45, 2.75) is 13.8 Å². The molecule has 5 heteroatoms. The SMILES string of the molecule is Cc1ccc(N(c2ccc3ccccc3c2)c2ccc3c(c2)oc2cc(C=C4C(=O)c5ccccc5C4=O)sc23)cc1C. The minimum atomic E-state index is -0.222. The molecule has 2 aromatic heterocycles. The number of Topliss-reactive ketones (excluding diaryl/α,β-unsaturated/α-hetero) is 2. The molecule has 0 N–H and O–H groups in total. The molecule has 0 aliphatic heterocycles. The predicted molar refractivity (Wildman–Crippen MR) is 176 cm³/mol. The second-order valence-electron chi connectivity index (χ2n) is 11.0. The number of thiophene rings is 1. The maximum atomic E-state index is 12.9. The molecule has 1 aliphatic rings. The maximum absolute atomic E-state index is 12.9. The van der Waals surface area contributed by atoms with Crippen LogP contribution in [0.5, 0.6) is 0 Å². The molecule has 0 radical (unpaired) electrons. The van der Waals surface area contributed by atoms with Crippen molar-refractivity contribution in [3.63, 3.8) is 0 Å². The van der Waals surface area contributed by atoms with Gasteiger partial charge in [0.25, 0.3) is 0 Å². The molecule has 206 valence electrons. The number of fused-ring (bicyclic) bond motifs is 5. The van der Waals surface area contributed by atoms with E-state index in [0.29, 0.717) is 11.1 Å². The Bertz CT molecular complexity index is 2280. The zero-order valence-electron chi connectivity index (χ0n) is 23.5. The molecular weight excluding hydrogens is 550 g/mol. The number of allylic oxidation sites excluding steroid dienone is 1. The minimum absolute atomic E-state index is 0.205. The Morgan fingerprint density at radius 2 is 1.28 bits per heavy atom. The largest absolute Gasteiger partial charge is 0.455 e. The lowest BCUT2D eigenvalue weighted by atomic mass is 10.1. The molecule has 2 heterocycles. The summed E-state index contributed by atoms with van der Waals surface area (Å²) in [5.41, 5.74) is 8.28. The van der Waals surface area contributed by atoms with Gasteiger partial charge in [0, 0.05) is 44.5 Å². The Morgan fingerprint density at radius 1 is 0.628 bits per heavy atom. The molecular formula is C38H25NO3S. The number of carbonyl (C=O) groups excluding carboxylic acids is 2. The number of hydrogen-bond donors (Lipinski definition) is 0. The molecule has 0 bridgehead atoms. The second kappa shape index (κ2) is 9.65. The van der Waals surface area contributed by atoms with E-state index in [1.165, 1.54) is 33.2 Å². The Morgan fingerprint density at radius 3 is 2.05 bits per heavy atom. The Kier molecular flexibility index (Phi) is 5.71. The smallest absolute Gasteiger partial charge is 0.197 e. The molecule has 7 aromatic rings. The van der Waals surface area contributed by atoms with E-state index in [-0.39, 0.29) is 17.1 Å². The normalized spacial score (nSPS) is 12.9. The second-order valence-corrected chi connectivity index (χ2v) is 12.1. The highest BCUT2D eigenvalue weighted by atomic mass is 32.1. The van der Waals surface area contributed by atoms with Crippen molar-refractivity contribution >= 4 is 78.1 Å². The predicted octanol–water partition coefficient (Wildman–Crippen LogP) is 10.3. The number of carbonyl (C=O) groups is 2.